The average Bonchev–Trinajstić information content (AvgIpc) is 3.69. The van der Waals surface area contributed by atoms with Crippen molar-refractivity contribution in [3.63, 3.8) is 0 Å². The van der Waals surface area contributed by atoms with Gasteiger partial charge in [0.2, 0.25) is 11.8 Å². The van der Waals surface area contributed by atoms with Crippen molar-refractivity contribution < 1.29 is 14.3 Å². The highest BCUT2D eigenvalue weighted by molar-refractivity contribution is 5.95. The number of hydrogen-bond donors (Lipinski definition) is 2. The number of ether oxygens (including phenoxy) is 2. The highest BCUT2D eigenvalue weighted by Crippen LogP contribution is 2.45. The number of nitrogens with zero attached hydrogens (tertiary/aromatic N) is 5. The van der Waals surface area contributed by atoms with Gasteiger partial charge >= 0.3 is 6.09 Å². The normalized spacial score (nSPS) is 18.3. The van der Waals surface area contributed by atoms with E-state index < -0.39 is 17.1 Å². The molecule has 39 heavy (non-hydrogen) atoms. The van der Waals surface area contributed by atoms with Crippen LogP contribution in [0.15, 0.2) is 42.7 Å². The Hall–Kier alpha value is -4.23. The van der Waals surface area contributed by atoms with Crippen LogP contribution >= 0.6 is 0 Å². The molecule has 0 bridgehead atoms. The molecule has 10 heteroatoms. The van der Waals surface area contributed by atoms with Gasteiger partial charge in [-0.15, -0.1) is 0 Å². The van der Waals surface area contributed by atoms with Crippen LogP contribution in [0.3, 0.4) is 0 Å². The predicted octanol–water partition coefficient (Wildman–Crippen LogP) is 4.93. The Bertz CT molecular complexity index is 1440. The van der Waals surface area contributed by atoms with E-state index in [0.29, 0.717) is 53.6 Å². The van der Waals surface area contributed by atoms with E-state index in [1.165, 1.54) is 0 Å². The summed E-state index contributed by atoms with van der Waals surface area (Å²) in [7, 11) is 1.55. The van der Waals surface area contributed by atoms with Crippen molar-refractivity contribution in [2.75, 3.05) is 30.4 Å². The molecule has 0 radical (unpaired) electrons. The second kappa shape index (κ2) is 10.2. The molecule has 1 aliphatic carbocycles. The molecule has 10 nitrogen and oxygen atoms in total. The monoisotopic (exact) mass is 527 g/mol. The first kappa shape index (κ1) is 26.4. The van der Waals surface area contributed by atoms with Crippen molar-refractivity contribution in [2.24, 2.45) is 0 Å². The summed E-state index contributed by atoms with van der Waals surface area (Å²) in [5.41, 5.74) is 2.87. The maximum Gasteiger partial charge on any atom is 0.414 e. The highest BCUT2D eigenvalue weighted by atomic mass is 16.6. The number of nitriles is 1. The summed E-state index contributed by atoms with van der Waals surface area (Å²) in [5, 5.41) is 17.0. The standard InChI is InChI=1S/C29H33N7O3/c1-28(2,3)39-27(37)36-17-29(4,16-33-20-8-9-20)21-14-18(13-19(15-30)24(21)36)22-10-12-32-26(34-22)35-23-7-6-11-31-25(23)38-5/h6-7,10-14,20,33H,8-9,16-17H2,1-5H3,(H,32,34,35). The molecule has 1 aliphatic heterocycles. The van der Waals surface area contributed by atoms with Crippen LogP contribution in [-0.4, -0.2) is 52.9 Å². The van der Waals surface area contributed by atoms with Crippen LogP contribution in [0.25, 0.3) is 11.3 Å². The second-order valence-corrected chi connectivity index (χ2v) is 11.3. The minimum absolute atomic E-state index is 0.367. The van der Waals surface area contributed by atoms with Crippen molar-refractivity contribution in [3.8, 4) is 23.2 Å². The minimum atomic E-state index is -0.656. The molecule has 0 spiro atoms. The third-order valence-corrected chi connectivity index (χ3v) is 6.79. The smallest absolute Gasteiger partial charge is 0.414 e. The largest absolute Gasteiger partial charge is 0.480 e. The third kappa shape index (κ3) is 5.64. The van der Waals surface area contributed by atoms with E-state index in [-0.39, 0.29) is 0 Å². The zero-order chi connectivity index (χ0) is 27.8. The van der Waals surface area contributed by atoms with Crippen LogP contribution in [0, 0.1) is 11.3 Å². The minimum Gasteiger partial charge on any atom is -0.480 e. The van der Waals surface area contributed by atoms with Crippen molar-refractivity contribution in [1.29, 1.82) is 5.26 Å². The molecule has 202 valence electrons. The van der Waals surface area contributed by atoms with Crippen molar-refractivity contribution >= 4 is 23.4 Å². The van der Waals surface area contributed by atoms with Gasteiger partial charge in [-0.2, -0.15) is 5.26 Å². The average molecular weight is 528 g/mol. The molecule has 3 aromatic rings. The van der Waals surface area contributed by atoms with Crippen LogP contribution in [0.1, 0.15) is 51.7 Å². The maximum atomic E-state index is 13.3. The molecular formula is C29H33N7O3. The molecule has 1 saturated carbocycles. The Labute approximate surface area is 228 Å². The number of anilines is 3. The summed E-state index contributed by atoms with van der Waals surface area (Å²) in [6.07, 6.45) is 5.15. The number of carbonyl (C=O) groups is 1. The number of fused-ring (bicyclic) bond motifs is 1. The maximum absolute atomic E-state index is 13.3. The molecule has 0 saturated heterocycles. The molecule has 1 fully saturated rings. The number of rotatable bonds is 7. The van der Waals surface area contributed by atoms with Crippen LogP contribution in [-0.2, 0) is 10.2 Å². The molecule has 2 aromatic heterocycles. The molecular weight excluding hydrogens is 494 g/mol. The highest BCUT2D eigenvalue weighted by Gasteiger charge is 2.45. The Morgan fingerprint density at radius 1 is 1.23 bits per heavy atom. The first-order valence-electron chi connectivity index (χ1n) is 13.0. The number of hydrogen-bond acceptors (Lipinski definition) is 9. The van der Waals surface area contributed by atoms with E-state index in [9.17, 15) is 10.1 Å². The van der Waals surface area contributed by atoms with Gasteiger partial charge in [0.15, 0.2) is 0 Å². The van der Waals surface area contributed by atoms with Crippen molar-refractivity contribution in [2.45, 2.75) is 57.6 Å². The molecule has 2 N–H and O–H groups in total. The van der Waals surface area contributed by atoms with E-state index in [0.717, 1.165) is 24.0 Å². The topological polar surface area (TPSA) is 125 Å². The van der Waals surface area contributed by atoms with Crippen LogP contribution in [0.2, 0.25) is 0 Å². The number of aromatic nitrogens is 3. The van der Waals surface area contributed by atoms with Crippen molar-refractivity contribution in [3.05, 3.63) is 53.9 Å². The molecule has 1 atom stereocenters. The summed E-state index contributed by atoms with van der Waals surface area (Å²) in [4.78, 5) is 28.2. The van der Waals surface area contributed by atoms with E-state index in [1.807, 2.05) is 32.9 Å². The third-order valence-electron chi connectivity index (χ3n) is 6.79. The van der Waals surface area contributed by atoms with E-state index >= 15 is 0 Å². The number of methoxy groups -OCH3 is 1. The first-order valence-corrected chi connectivity index (χ1v) is 13.0. The quantitative estimate of drug-likeness (QED) is 0.440. The molecule has 5 rings (SSSR count). The number of benzene rings is 1. The number of pyridine rings is 1. The lowest BCUT2D eigenvalue weighted by Crippen LogP contribution is -2.43. The van der Waals surface area contributed by atoms with Crippen LogP contribution in [0.4, 0.5) is 22.1 Å². The fourth-order valence-corrected chi connectivity index (χ4v) is 4.76. The molecule has 1 unspecified atom stereocenters. The van der Waals surface area contributed by atoms with Crippen LogP contribution < -0.4 is 20.3 Å². The summed E-state index contributed by atoms with van der Waals surface area (Å²) < 4.78 is 11.1. The fraction of sp³-hybridized carbons (Fsp3) is 0.414. The van der Waals surface area contributed by atoms with Crippen LogP contribution in [0.5, 0.6) is 5.88 Å². The number of amides is 1. The van der Waals surface area contributed by atoms with Gasteiger partial charge in [0.25, 0.3) is 0 Å². The Kier molecular flexibility index (Phi) is 6.87. The van der Waals surface area contributed by atoms with Gasteiger partial charge in [0.05, 0.1) is 24.1 Å². The lowest BCUT2D eigenvalue weighted by molar-refractivity contribution is 0.0578. The lowest BCUT2D eigenvalue weighted by Gasteiger charge is -2.28. The van der Waals surface area contributed by atoms with Gasteiger partial charge in [-0.25, -0.2) is 19.7 Å². The molecule has 1 aromatic carbocycles. The first-order chi connectivity index (χ1) is 18.6. The van der Waals surface area contributed by atoms with E-state index in [4.69, 9.17) is 14.5 Å². The van der Waals surface area contributed by atoms with Gasteiger partial charge in [-0.3, -0.25) is 4.90 Å². The Morgan fingerprint density at radius 3 is 2.72 bits per heavy atom. The van der Waals surface area contributed by atoms with Gasteiger partial charge < -0.3 is 20.1 Å². The summed E-state index contributed by atoms with van der Waals surface area (Å²) in [6.45, 7) is 8.73. The second-order valence-electron chi connectivity index (χ2n) is 11.3. The van der Waals surface area contributed by atoms with Gasteiger partial charge in [0.1, 0.15) is 17.4 Å². The van der Waals surface area contributed by atoms with Crippen molar-refractivity contribution in [1.82, 2.24) is 20.3 Å². The Balaban J connectivity index is 1.55. The predicted molar refractivity (Wildman–Crippen MR) is 148 cm³/mol. The van der Waals surface area contributed by atoms with Gasteiger partial charge in [-0.1, -0.05) is 6.92 Å². The summed E-state index contributed by atoms with van der Waals surface area (Å²) >= 11 is 0. The molecule has 2 aliphatic rings. The number of nitrogens with one attached hydrogen (secondary N) is 2. The fourth-order valence-electron chi connectivity index (χ4n) is 4.76. The molecule has 1 amide bonds. The van der Waals surface area contributed by atoms with E-state index in [1.54, 1.807) is 42.6 Å². The molecule has 3 heterocycles. The zero-order valence-corrected chi connectivity index (χ0v) is 22.9. The van der Waals surface area contributed by atoms with E-state index in [2.05, 4.69) is 33.6 Å². The van der Waals surface area contributed by atoms with Gasteiger partial charge in [-0.05, 0) is 69.5 Å². The summed E-state index contributed by atoms with van der Waals surface area (Å²) in [6, 6.07) is 12.0. The SMILES string of the molecule is COc1ncccc1Nc1nccc(-c2cc(C#N)c3c(c2)C(C)(CNC2CC2)CN3C(=O)OC(C)(C)C)n1. The number of carbonyl (C=O) groups excluding carboxylic acids is 1. The summed E-state index contributed by atoms with van der Waals surface area (Å²) in [5.74, 6) is 0.795. The Morgan fingerprint density at radius 2 is 2.03 bits per heavy atom. The lowest BCUT2D eigenvalue weighted by atomic mass is 9.82. The van der Waals surface area contributed by atoms with Gasteiger partial charge in [0, 0.05) is 42.5 Å². The zero-order valence-electron chi connectivity index (χ0n) is 22.9.